The number of pyridine rings is 1. The van der Waals surface area contributed by atoms with Crippen LogP contribution >= 0.6 is 54.8 Å². The van der Waals surface area contributed by atoms with Crippen molar-refractivity contribution in [1.29, 1.82) is 0 Å². The van der Waals surface area contributed by atoms with Gasteiger partial charge < -0.3 is 0 Å². The number of hydrogen-bond acceptors (Lipinski definition) is 3. The standard InChI is InChI=1S/C10H6Br2ClFN2S/c1-10(14,7-4-17-9(13)16-7)6-3-2-5(11)8(12)15-6/h2-4H,1H3. The molecule has 0 radical (unpaired) electrons. The molecule has 0 N–H and O–H groups in total. The molecule has 0 aliphatic heterocycles. The van der Waals surface area contributed by atoms with Crippen molar-refractivity contribution in [3.8, 4) is 0 Å². The van der Waals surface area contributed by atoms with E-state index in [0.29, 0.717) is 9.07 Å². The molecule has 0 amide bonds. The maximum absolute atomic E-state index is 14.7. The van der Waals surface area contributed by atoms with Gasteiger partial charge in [0, 0.05) is 5.38 Å². The predicted octanol–water partition coefficient (Wildman–Crippen LogP) is 4.95. The van der Waals surface area contributed by atoms with E-state index < -0.39 is 5.67 Å². The molecule has 2 nitrogen and oxygen atoms in total. The second-order valence-corrected chi connectivity index (χ2v) is 6.50. The van der Waals surface area contributed by atoms with Gasteiger partial charge in [-0.25, -0.2) is 14.4 Å². The van der Waals surface area contributed by atoms with Gasteiger partial charge in [0.1, 0.15) is 4.60 Å². The summed E-state index contributed by atoms with van der Waals surface area (Å²) < 4.78 is 16.3. The molecular weight excluding hydrogens is 394 g/mol. The van der Waals surface area contributed by atoms with Gasteiger partial charge in [0.25, 0.3) is 0 Å². The molecule has 0 aromatic carbocycles. The average Bonchev–Trinajstić information content (AvgIpc) is 2.69. The molecule has 90 valence electrons. The molecule has 0 aliphatic carbocycles. The highest BCUT2D eigenvalue weighted by Crippen LogP contribution is 2.35. The summed E-state index contributed by atoms with van der Waals surface area (Å²) in [5.74, 6) is 0. The minimum absolute atomic E-state index is 0.272. The summed E-state index contributed by atoms with van der Waals surface area (Å²) >= 11 is 13.5. The fourth-order valence-corrected chi connectivity index (χ4v) is 2.68. The van der Waals surface area contributed by atoms with Crippen molar-refractivity contribution in [2.75, 3.05) is 0 Å². The summed E-state index contributed by atoms with van der Waals surface area (Å²) in [4.78, 5) is 8.10. The van der Waals surface area contributed by atoms with Gasteiger partial charge in [-0.15, -0.1) is 11.3 Å². The third-order valence-corrected chi connectivity index (χ3v) is 5.00. The van der Waals surface area contributed by atoms with E-state index in [0.717, 1.165) is 4.47 Å². The first-order valence-corrected chi connectivity index (χ1v) is 7.38. The zero-order valence-corrected chi connectivity index (χ0v) is 13.3. The van der Waals surface area contributed by atoms with Gasteiger partial charge in [0.15, 0.2) is 10.1 Å². The molecule has 7 heteroatoms. The average molecular weight is 400 g/mol. The number of nitrogens with zero attached hydrogens (tertiary/aromatic N) is 2. The lowest BCUT2D eigenvalue weighted by atomic mass is 10.0. The zero-order valence-electron chi connectivity index (χ0n) is 8.55. The van der Waals surface area contributed by atoms with Crippen molar-refractivity contribution in [2.24, 2.45) is 0 Å². The SMILES string of the molecule is CC(F)(c1csc(Cl)n1)c1ccc(Br)c(Br)n1. The van der Waals surface area contributed by atoms with Crippen LogP contribution in [0.1, 0.15) is 18.3 Å². The highest BCUT2D eigenvalue weighted by Gasteiger charge is 2.33. The minimum atomic E-state index is -1.76. The fraction of sp³-hybridized carbons (Fsp3) is 0.200. The van der Waals surface area contributed by atoms with Gasteiger partial charge in [-0.2, -0.15) is 0 Å². The van der Waals surface area contributed by atoms with E-state index in [1.807, 2.05) is 0 Å². The monoisotopic (exact) mass is 398 g/mol. The minimum Gasteiger partial charge on any atom is -0.241 e. The third kappa shape index (κ3) is 2.70. The van der Waals surface area contributed by atoms with Crippen molar-refractivity contribution in [2.45, 2.75) is 12.6 Å². The van der Waals surface area contributed by atoms with Crippen molar-refractivity contribution < 1.29 is 4.39 Å². The number of alkyl halides is 1. The summed E-state index contributed by atoms with van der Waals surface area (Å²) in [5, 5.41) is 1.60. The number of halogens is 4. The Morgan fingerprint density at radius 1 is 1.29 bits per heavy atom. The van der Waals surface area contributed by atoms with Gasteiger partial charge in [0.05, 0.1) is 15.9 Å². The van der Waals surface area contributed by atoms with E-state index in [4.69, 9.17) is 11.6 Å². The predicted molar refractivity (Wildman–Crippen MR) is 74.3 cm³/mol. The van der Waals surface area contributed by atoms with E-state index in [2.05, 4.69) is 41.8 Å². The van der Waals surface area contributed by atoms with Gasteiger partial charge in [-0.3, -0.25) is 0 Å². The molecular formula is C10H6Br2ClFN2S. The van der Waals surface area contributed by atoms with Crippen LogP contribution < -0.4 is 0 Å². The summed E-state index contributed by atoms with van der Waals surface area (Å²) in [6.45, 7) is 1.42. The number of aromatic nitrogens is 2. The van der Waals surface area contributed by atoms with Gasteiger partial charge in [-0.1, -0.05) is 11.6 Å². The maximum Gasteiger partial charge on any atom is 0.192 e. The zero-order chi connectivity index (χ0) is 12.6. The van der Waals surface area contributed by atoms with Crippen LogP contribution in [0.4, 0.5) is 4.39 Å². The molecule has 1 unspecified atom stereocenters. The molecule has 17 heavy (non-hydrogen) atoms. The van der Waals surface area contributed by atoms with Crippen LogP contribution in [0, 0.1) is 0 Å². The lowest BCUT2D eigenvalue weighted by Gasteiger charge is -2.17. The van der Waals surface area contributed by atoms with Gasteiger partial charge >= 0.3 is 0 Å². The lowest BCUT2D eigenvalue weighted by Crippen LogP contribution is -2.19. The van der Waals surface area contributed by atoms with Crippen LogP contribution in [0.2, 0.25) is 4.47 Å². The fourth-order valence-electron chi connectivity index (χ4n) is 1.28. The molecule has 0 bridgehead atoms. The number of rotatable bonds is 2. The molecule has 0 fully saturated rings. The molecule has 1 atom stereocenters. The van der Waals surface area contributed by atoms with Crippen molar-refractivity contribution in [1.82, 2.24) is 9.97 Å². The number of hydrogen-bond donors (Lipinski definition) is 0. The van der Waals surface area contributed by atoms with Crippen LogP contribution in [0.3, 0.4) is 0 Å². The van der Waals surface area contributed by atoms with E-state index >= 15 is 0 Å². The third-order valence-electron chi connectivity index (χ3n) is 2.24. The summed E-state index contributed by atoms with van der Waals surface area (Å²) in [7, 11) is 0. The summed E-state index contributed by atoms with van der Waals surface area (Å²) in [6.07, 6.45) is 0. The molecule has 0 saturated carbocycles. The topological polar surface area (TPSA) is 25.8 Å². The van der Waals surface area contributed by atoms with Crippen LogP contribution in [0.5, 0.6) is 0 Å². The van der Waals surface area contributed by atoms with Gasteiger partial charge in [-0.05, 0) is 50.9 Å². The second-order valence-electron chi connectivity index (χ2n) is 3.46. The first kappa shape index (κ1) is 13.4. The van der Waals surface area contributed by atoms with Gasteiger partial charge in [0.2, 0.25) is 0 Å². The van der Waals surface area contributed by atoms with Crippen LogP contribution in [0.25, 0.3) is 0 Å². The molecule has 2 aromatic heterocycles. The Morgan fingerprint density at radius 2 is 2.00 bits per heavy atom. The molecule has 0 aliphatic rings. The van der Waals surface area contributed by atoms with Crippen molar-refractivity contribution >= 4 is 54.8 Å². The summed E-state index contributed by atoms with van der Waals surface area (Å²) in [6, 6.07) is 3.35. The Balaban J connectivity index is 2.47. The summed E-state index contributed by atoms with van der Waals surface area (Å²) in [5.41, 5.74) is -1.20. The molecule has 0 spiro atoms. The smallest absolute Gasteiger partial charge is 0.192 e. The first-order valence-electron chi connectivity index (χ1n) is 4.54. The maximum atomic E-state index is 14.7. The van der Waals surface area contributed by atoms with Crippen molar-refractivity contribution in [3.63, 3.8) is 0 Å². The molecule has 2 heterocycles. The van der Waals surface area contributed by atoms with Crippen LogP contribution in [0.15, 0.2) is 26.6 Å². The Labute approximate surface area is 124 Å². The Hall–Kier alpha value is -0.0400. The Morgan fingerprint density at radius 3 is 2.53 bits per heavy atom. The molecule has 0 saturated heterocycles. The van der Waals surface area contributed by atoms with E-state index in [1.165, 1.54) is 18.3 Å². The Kier molecular flexibility index (Phi) is 3.87. The van der Waals surface area contributed by atoms with Crippen molar-refractivity contribution in [3.05, 3.63) is 42.4 Å². The van der Waals surface area contributed by atoms with Crippen LogP contribution in [-0.4, -0.2) is 9.97 Å². The largest absolute Gasteiger partial charge is 0.241 e. The molecule has 2 aromatic rings. The lowest BCUT2D eigenvalue weighted by molar-refractivity contribution is 0.237. The molecule has 2 rings (SSSR count). The Bertz CT molecular complexity index is 559. The van der Waals surface area contributed by atoms with Crippen LogP contribution in [-0.2, 0) is 5.67 Å². The highest BCUT2D eigenvalue weighted by atomic mass is 79.9. The normalized spacial score (nSPS) is 14.6. The van der Waals surface area contributed by atoms with E-state index in [-0.39, 0.29) is 11.4 Å². The quantitative estimate of drug-likeness (QED) is 0.667. The van der Waals surface area contributed by atoms with E-state index in [1.54, 1.807) is 17.5 Å². The second kappa shape index (κ2) is 4.91. The number of thiazole rings is 1. The van der Waals surface area contributed by atoms with E-state index in [9.17, 15) is 4.39 Å². The first-order chi connectivity index (χ1) is 7.91. The highest BCUT2D eigenvalue weighted by molar-refractivity contribution is 9.13.